The van der Waals surface area contributed by atoms with E-state index in [9.17, 15) is 0 Å². The van der Waals surface area contributed by atoms with Crippen LogP contribution in [0.3, 0.4) is 0 Å². The molecule has 0 aliphatic heterocycles. The van der Waals surface area contributed by atoms with E-state index in [0.29, 0.717) is 0 Å². The van der Waals surface area contributed by atoms with Gasteiger partial charge in [0, 0.05) is 11.8 Å². The van der Waals surface area contributed by atoms with E-state index in [0.717, 1.165) is 5.69 Å². The van der Waals surface area contributed by atoms with E-state index in [4.69, 9.17) is 0 Å². The highest BCUT2D eigenvalue weighted by Crippen LogP contribution is 2.32. The molecular formula is C21H21N. The normalized spacial score (nSPS) is 11.4. The molecule has 110 valence electrons. The molecule has 22 heavy (non-hydrogen) atoms. The van der Waals surface area contributed by atoms with Gasteiger partial charge in [0.15, 0.2) is 0 Å². The van der Waals surface area contributed by atoms with E-state index >= 15 is 0 Å². The van der Waals surface area contributed by atoms with Crippen molar-refractivity contribution in [2.24, 2.45) is 0 Å². The summed E-state index contributed by atoms with van der Waals surface area (Å²) in [5.41, 5.74) is 6.11. The first-order valence-electron chi connectivity index (χ1n) is 7.66. The van der Waals surface area contributed by atoms with Crippen LogP contribution in [-0.4, -0.2) is 4.98 Å². The lowest BCUT2D eigenvalue weighted by Crippen LogP contribution is -2.11. The molecule has 0 saturated heterocycles. The Bertz CT molecular complexity index is 695. The van der Waals surface area contributed by atoms with E-state index in [1.165, 1.54) is 22.3 Å². The molecule has 0 spiro atoms. The van der Waals surface area contributed by atoms with Crippen molar-refractivity contribution in [1.82, 2.24) is 4.98 Å². The fraction of sp³-hybridized carbons (Fsp3) is 0.190. The van der Waals surface area contributed by atoms with Crippen molar-refractivity contribution in [3.8, 4) is 22.4 Å². The Balaban J connectivity index is 2.19. The molecule has 2 aromatic carbocycles. The minimum atomic E-state index is 0.105. The number of hydrogen-bond acceptors (Lipinski definition) is 1. The quantitative estimate of drug-likeness (QED) is 0.588. The summed E-state index contributed by atoms with van der Waals surface area (Å²) < 4.78 is 0. The van der Waals surface area contributed by atoms with Gasteiger partial charge in [-0.3, -0.25) is 4.98 Å². The van der Waals surface area contributed by atoms with Gasteiger partial charge in [-0.05, 0) is 46.4 Å². The van der Waals surface area contributed by atoms with Crippen LogP contribution in [0.5, 0.6) is 0 Å². The van der Waals surface area contributed by atoms with Crippen LogP contribution in [0.15, 0.2) is 72.9 Å². The summed E-state index contributed by atoms with van der Waals surface area (Å²) in [5, 5.41) is 0. The topological polar surface area (TPSA) is 12.9 Å². The van der Waals surface area contributed by atoms with Crippen LogP contribution in [0.25, 0.3) is 22.4 Å². The minimum absolute atomic E-state index is 0.105. The highest BCUT2D eigenvalue weighted by atomic mass is 14.7. The Hall–Kier alpha value is -2.41. The van der Waals surface area contributed by atoms with Crippen molar-refractivity contribution in [1.29, 1.82) is 0 Å². The molecule has 0 atom stereocenters. The average Bonchev–Trinajstić information content (AvgIpc) is 2.55. The van der Waals surface area contributed by atoms with Crippen LogP contribution in [0, 0.1) is 0 Å². The molecule has 0 unspecified atom stereocenters. The minimum Gasteiger partial charge on any atom is -0.256 e. The van der Waals surface area contributed by atoms with Gasteiger partial charge >= 0.3 is 0 Å². The van der Waals surface area contributed by atoms with Crippen molar-refractivity contribution in [3.63, 3.8) is 0 Å². The van der Waals surface area contributed by atoms with Gasteiger partial charge in [-0.15, -0.1) is 0 Å². The number of hydrogen-bond donors (Lipinski definition) is 0. The van der Waals surface area contributed by atoms with Gasteiger partial charge in [-0.1, -0.05) is 63.2 Å². The van der Waals surface area contributed by atoms with E-state index in [1.807, 2.05) is 18.3 Å². The maximum atomic E-state index is 4.51. The number of pyridine rings is 1. The van der Waals surface area contributed by atoms with E-state index in [-0.39, 0.29) is 5.41 Å². The van der Waals surface area contributed by atoms with Gasteiger partial charge in [0.1, 0.15) is 0 Å². The van der Waals surface area contributed by atoms with Crippen LogP contribution < -0.4 is 0 Å². The Morgan fingerprint density at radius 2 is 1.36 bits per heavy atom. The lowest BCUT2D eigenvalue weighted by molar-refractivity contribution is 0.590. The Kier molecular flexibility index (Phi) is 3.81. The third-order valence-corrected chi connectivity index (χ3v) is 3.87. The molecule has 0 fully saturated rings. The maximum absolute atomic E-state index is 4.51. The summed E-state index contributed by atoms with van der Waals surface area (Å²) in [7, 11) is 0. The van der Waals surface area contributed by atoms with Crippen LogP contribution in [-0.2, 0) is 5.41 Å². The van der Waals surface area contributed by atoms with Gasteiger partial charge in [-0.2, -0.15) is 0 Å². The second-order valence-corrected chi connectivity index (χ2v) is 6.63. The first-order chi connectivity index (χ1) is 10.5. The van der Waals surface area contributed by atoms with Gasteiger partial charge in [0.2, 0.25) is 0 Å². The number of aromatic nitrogens is 1. The molecule has 1 heterocycles. The summed E-state index contributed by atoms with van der Waals surface area (Å²) in [6, 6.07) is 23.4. The Morgan fingerprint density at radius 3 is 2.00 bits per heavy atom. The highest BCUT2D eigenvalue weighted by Gasteiger charge is 2.16. The molecule has 1 heteroatoms. The second kappa shape index (κ2) is 5.76. The maximum Gasteiger partial charge on any atom is 0.0702 e. The summed E-state index contributed by atoms with van der Waals surface area (Å²) in [4.78, 5) is 4.51. The monoisotopic (exact) mass is 287 g/mol. The van der Waals surface area contributed by atoms with Crippen molar-refractivity contribution >= 4 is 0 Å². The molecule has 0 aliphatic rings. The molecular weight excluding hydrogens is 266 g/mol. The van der Waals surface area contributed by atoms with Gasteiger partial charge in [0.05, 0.1) is 5.69 Å². The van der Waals surface area contributed by atoms with Crippen molar-refractivity contribution in [2.75, 3.05) is 0 Å². The lowest BCUT2D eigenvalue weighted by Gasteiger charge is -2.21. The first-order valence-corrected chi connectivity index (χ1v) is 7.66. The summed E-state index contributed by atoms with van der Waals surface area (Å²) >= 11 is 0. The summed E-state index contributed by atoms with van der Waals surface area (Å²) in [6.45, 7) is 6.75. The predicted octanol–water partition coefficient (Wildman–Crippen LogP) is 5.71. The Morgan fingerprint density at radius 1 is 0.682 bits per heavy atom. The molecule has 1 aromatic heterocycles. The van der Waals surface area contributed by atoms with Gasteiger partial charge in [0.25, 0.3) is 0 Å². The molecule has 1 nitrogen and oxygen atoms in total. The molecule has 0 radical (unpaired) electrons. The highest BCUT2D eigenvalue weighted by molar-refractivity contribution is 5.73. The number of nitrogens with zero attached hydrogens (tertiary/aromatic N) is 1. The predicted molar refractivity (Wildman–Crippen MR) is 93.8 cm³/mol. The SMILES string of the molecule is CC(C)(C)c1cc(-c2ccccc2)cc(-c2ccccn2)c1. The Labute approximate surface area is 132 Å². The van der Waals surface area contributed by atoms with Crippen LogP contribution in [0.2, 0.25) is 0 Å². The molecule has 0 aliphatic carbocycles. The zero-order valence-corrected chi connectivity index (χ0v) is 13.4. The van der Waals surface area contributed by atoms with Gasteiger partial charge in [-0.25, -0.2) is 0 Å². The fourth-order valence-corrected chi connectivity index (χ4v) is 2.54. The molecule has 3 aromatic rings. The molecule has 0 saturated carbocycles. The zero-order chi connectivity index (χ0) is 15.6. The average molecular weight is 287 g/mol. The molecule has 3 rings (SSSR count). The second-order valence-electron chi connectivity index (χ2n) is 6.63. The number of benzene rings is 2. The van der Waals surface area contributed by atoms with Crippen LogP contribution in [0.4, 0.5) is 0 Å². The fourth-order valence-electron chi connectivity index (χ4n) is 2.54. The smallest absolute Gasteiger partial charge is 0.0702 e. The molecule has 0 N–H and O–H groups in total. The first kappa shape index (κ1) is 14.5. The van der Waals surface area contributed by atoms with Crippen molar-refractivity contribution < 1.29 is 0 Å². The van der Waals surface area contributed by atoms with E-state index < -0.39 is 0 Å². The zero-order valence-electron chi connectivity index (χ0n) is 13.4. The van der Waals surface area contributed by atoms with Crippen molar-refractivity contribution in [3.05, 3.63) is 78.5 Å². The van der Waals surface area contributed by atoms with Crippen LogP contribution in [0.1, 0.15) is 26.3 Å². The standard InChI is InChI=1S/C21H21N/c1-21(2,3)19-14-17(16-9-5-4-6-10-16)13-18(15-19)20-11-7-8-12-22-20/h4-15H,1-3H3. The third kappa shape index (κ3) is 3.09. The van der Waals surface area contributed by atoms with Crippen molar-refractivity contribution in [2.45, 2.75) is 26.2 Å². The lowest BCUT2D eigenvalue weighted by atomic mass is 9.84. The van der Waals surface area contributed by atoms with E-state index in [2.05, 4.69) is 80.4 Å². The molecule has 0 bridgehead atoms. The van der Waals surface area contributed by atoms with Gasteiger partial charge < -0.3 is 0 Å². The number of rotatable bonds is 2. The molecule has 0 amide bonds. The summed E-state index contributed by atoms with van der Waals surface area (Å²) in [5.74, 6) is 0. The van der Waals surface area contributed by atoms with Crippen LogP contribution >= 0.6 is 0 Å². The third-order valence-electron chi connectivity index (χ3n) is 3.87. The largest absolute Gasteiger partial charge is 0.256 e. The summed E-state index contributed by atoms with van der Waals surface area (Å²) in [6.07, 6.45) is 1.85. The van der Waals surface area contributed by atoms with E-state index in [1.54, 1.807) is 0 Å².